The quantitative estimate of drug-likeness (QED) is 0.244. The molecule has 3 aromatic carbocycles. The summed E-state index contributed by atoms with van der Waals surface area (Å²) in [6.45, 7) is 0. The number of nitrogens with one attached hydrogen (secondary N) is 1. The van der Waals surface area contributed by atoms with Crippen LogP contribution in [0, 0.1) is 0 Å². The minimum absolute atomic E-state index is 0.00199. The Labute approximate surface area is 224 Å². The molecule has 1 amide bonds. The maximum absolute atomic E-state index is 13.8. The number of halogens is 1. The number of hydrogen-bond donors (Lipinski definition) is 2. The van der Waals surface area contributed by atoms with Gasteiger partial charge in [0.05, 0.1) is 36.9 Å². The van der Waals surface area contributed by atoms with Gasteiger partial charge in [-0.2, -0.15) is 0 Å². The Bertz CT molecular complexity index is 1770. The molecule has 0 spiro atoms. The number of imidazole rings is 1. The standard InChI is InChI=1S/C28H20BrN3O6/c1-36-17-6-3-14(4-7-17)24-23(25(33)22-12-15-11-16(29)5-10-21(15)38-22)26(34)27(35)32(24)28-30-19-9-8-18(37-2)13-20(19)31-28/h3-13,24,34H,1-2H3,(H,30,31). The summed E-state index contributed by atoms with van der Waals surface area (Å²) in [5.74, 6) is -0.659. The van der Waals surface area contributed by atoms with Crippen LogP contribution in [0.25, 0.3) is 22.0 Å². The Morgan fingerprint density at radius 2 is 1.76 bits per heavy atom. The zero-order valence-corrected chi connectivity index (χ0v) is 21.8. The number of furan rings is 1. The lowest BCUT2D eigenvalue weighted by Gasteiger charge is -2.24. The number of ether oxygens (including phenoxy) is 2. The van der Waals surface area contributed by atoms with Gasteiger partial charge in [0.2, 0.25) is 11.7 Å². The predicted molar refractivity (Wildman–Crippen MR) is 144 cm³/mol. The molecule has 5 aromatic rings. The van der Waals surface area contributed by atoms with Gasteiger partial charge in [-0.05, 0) is 54.1 Å². The van der Waals surface area contributed by atoms with E-state index in [2.05, 4.69) is 25.9 Å². The van der Waals surface area contributed by atoms with Crippen LogP contribution in [-0.2, 0) is 4.79 Å². The molecule has 10 heteroatoms. The Morgan fingerprint density at radius 1 is 1.03 bits per heavy atom. The highest BCUT2D eigenvalue weighted by Gasteiger charge is 2.46. The van der Waals surface area contributed by atoms with Crippen LogP contribution in [-0.4, -0.2) is 41.0 Å². The van der Waals surface area contributed by atoms with E-state index in [1.807, 2.05) is 6.07 Å². The van der Waals surface area contributed by atoms with Gasteiger partial charge in [-0.3, -0.25) is 14.5 Å². The normalized spacial score (nSPS) is 15.6. The number of nitrogens with zero attached hydrogens (tertiary/aromatic N) is 2. The number of methoxy groups -OCH3 is 2. The first-order valence-corrected chi connectivity index (χ1v) is 12.4. The molecule has 38 heavy (non-hydrogen) atoms. The zero-order valence-electron chi connectivity index (χ0n) is 20.2. The molecule has 0 bridgehead atoms. The van der Waals surface area contributed by atoms with Crippen LogP contribution in [0.2, 0.25) is 0 Å². The highest BCUT2D eigenvalue weighted by atomic mass is 79.9. The summed E-state index contributed by atoms with van der Waals surface area (Å²) >= 11 is 3.42. The van der Waals surface area contributed by atoms with Crippen LogP contribution in [0.5, 0.6) is 11.5 Å². The molecule has 0 fully saturated rings. The number of anilines is 1. The first kappa shape index (κ1) is 23.8. The van der Waals surface area contributed by atoms with Crippen LogP contribution in [0.1, 0.15) is 22.2 Å². The Morgan fingerprint density at radius 3 is 2.50 bits per heavy atom. The molecule has 1 unspecified atom stereocenters. The number of hydrogen-bond acceptors (Lipinski definition) is 7. The smallest absolute Gasteiger partial charge is 0.296 e. The van der Waals surface area contributed by atoms with Gasteiger partial charge < -0.3 is 24.0 Å². The SMILES string of the molecule is COc1ccc(C2C(C(=O)c3cc4cc(Br)ccc4o3)=C(O)C(=O)N2c2nc3ccc(OC)cc3[nH]2)cc1. The fourth-order valence-electron chi connectivity index (χ4n) is 4.63. The van der Waals surface area contributed by atoms with Crippen molar-refractivity contribution in [1.82, 2.24) is 9.97 Å². The lowest BCUT2D eigenvalue weighted by atomic mass is 9.95. The minimum atomic E-state index is -0.983. The molecule has 0 saturated heterocycles. The third-order valence-corrected chi connectivity index (χ3v) is 6.98. The van der Waals surface area contributed by atoms with Crippen LogP contribution >= 0.6 is 15.9 Å². The van der Waals surface area contributed by atoms with Crippen molar-refractivity contribution in [3.63, 3.8) is 0 Å². The maximum atomic E-state index is 13.8. The maximum Gasteiger partial charge on any atom is 0.296 e. The summed E-state index contributed by atoms with van der Waals surface area (Å²) in [4.78, 5) is 36.3. The van der Waals surface area contributed by atoms with Crippen molar-refractivity contribution in [1.29, 1.82) is 0 Å². The minimum Gasteiger partial charge on any atom is -0.503 e. The zero-order chi connectivity index (χ0) is 26.6. The van der Waals surface area contributed by atoms with Gasteiger partial charge in [0.25, 0.3) is 5.91 Å². The average molecular weight is 574 g/mol. The molecule has 1 aliphatic rings. The fourth-order valence-corrected chi connectivity index (χ4v) is 5.01. The second-order valence-electron chi connectivity index (χ2n) is 8.68. The number of H-pyrrole nitrogens is 1. The molecule has 190 valence electrons. The van der Waals surface area contributed by atoms with Crippen LogP contribution in [0.4, 0.5) is 5.95 Å². The first-order valence-electron chi connectivity index (χ1n) is 11.6. The first-order chi connectivity index (χ1) is 18.4. The number of carbonyl (C=O) groups is 2. The van der Waals surface area contributed by atoms with Gasteiger partial charge in [-0.25, -0.2) is 4.98 Å². The van der Waals surface area contributed by atoms with Gasteiger partial charge in [-0.1, -0.05) is 28.1 Å². The van der Waals surface area contributed by atoms with Crippen LogP contribution < -0.4 is 14.4 Å². The van der Waals surface area contributed by atoms with E-state index in [1.54, 1.807) is 74.9 Å². The molecular formula is C28H20BrN3O6. The number of amides is 1. The third-order valence-electron chi connectivity index (χ3n) is 6.49. The average Bonchev–Trinajstić information content (AvgIpc) is 3.61. The Hall–Kier alpha value is -4.57. The number of Topliss-reactive ketones (excluding diaryl/α,β-unsaturated/α-hetero) is 1. The van der Waals surface area contributed by atoms with Crippen molar-refractivity contribution in [3.05, 3.63) is 93.9 Å². The van der Waals surface area contributed by atoms with Crippen molar-refractivity contribution in [3.8, 4) is 11.5 Å². The number of carbonyl (C=O) groups excluding carboxylic acids is 2. The lowest BCUT2D eigenvalue weighted by molar-refractivity contribution is -0.117. The van der Waals surface area contributed by atoms with Crippen LogP contribution in [0.3, 0.4) is 0 Å². The lowest BCUT2D eigenvalue weighted by Crippen LogP contribution is -2.32. The van der Waals surface area contributed by atoms with E-state index in [0.29, 0.717) is 39.1 Å². The second-order valence-corrected chi connectivity index (χ2v) is 9.59. The summed E-state index contributed by atoms with van der Waals surface area (Å²) in [7, 11) is 3.10. The molecule has 1 atom stereocenters. The Kier molecular flexibility index (Phi) is 5.68. The van der Waals surface area contributed by atoms with Crippen molar-refractivity contribution in [2.45, 2.75) is 6.04 Å². The molecule has 0 saturated carbocycles. The van der Waals surface area contributed by atoms with Crippen molar-refractivity contribution < 1.29 is 28.6 Å². The molecule has 6 rings (SSSR count). The number of aliphatic hydroxyl groups is 1. The van der Waals surface area contributed by atoms with E-state index in [1.165, 1.54) is 4.90 Å². The summed E-state index contributed by atoms with van der Waals surface area (Å²) < 4.78 is 17.2. The largest absolute Gasteiger partial charge is 0.503 e. The van der Waals surface area contributed by atoms with Crippen molar-refractivity contribution in [2.24, 2.45) is 0 Å². The van der Waals surface area contributed by atoms with E-state index in [4.69, 9.17) is 13.9 Å². The number of aromatic amines is 1. The molecule has 3 heterocycles. The monoisotopic (exact) mass is 573 g/mol. The summed E-state index contributed by atoms with van der Waals surface area (Å²) in [6, 6.07) is 18.1. The van der Waals surface area contributed by atoms with Crippen LogP contribution in [0.15, 0.2) is 87.0 Å². The molecule has 9 nitrogen and oxygen atoms in total. The van der Waals surface area contributed by atoms with Gasteiger partial charge in [-0.15, -0.1) is 0 Å². The number of aromatic nitrogens is 2. The Balaban J connectivity index is 1.49. The highest BCUT2D eigenvalue weighted by molar-refractivity contribution is 9.10. The molecule has 2 aromatic heterocycles. The van der Waals surface area contributed by atoms with E-state index in [9.17, 15) is 14.7 Å². The van der Waals surface area contributed by atoms with E-state index < -0.39 is 23.5 Å². The third kappa shape index (κ3) is 3.81. The van der Waals surface area contributed by atoms with Gasteiger partial charge in [0, 0.05) is 15.9 Å². The number of fused-ring (bicyclic) bond motifs is 2. The van der Waals surface area contributed by atoms with E-state index in [-0.39, 0.29) is 17.3 Å². The summed E-state index contributed by atoms with van der Waals surface area (Å²) in [5, 5.41) is 11.8. The molecule has 2 N–H and O–H groups in total. The van der Waals surface area contributed by atoms with Crippen molar-refractivity contribution >= 4 is 55.6 Å². The summed E-state index contributed by atoms with van der Waals surface area (Å²) in [6.07, 6.45) is 0. The number of ketones is 1. The van der Waals surface area contributed by atoms with Crippen molar-refractivity contribution in [2.75, 3.05) is 19.1 Å². The van der Waals surface area contributed by atoms with Gasteiger partial charge in [0.1, 0.15) is 17.1 Å². The second kappa shape index (κ2) is 9.07. The number of aliphatic hydroxyl groups excluding tert-OH is 1. The molecule has 1 aliphatic heterocycles. The number of benzene rings is 3. The summed E-state index contributed by atoms with van der Waals surface area (Å²) in [5.41, 5.74) is 2.18. The van der Waals surface area contributed by atoms with E-state index >= 15 is 0 Å². The van der Waals surface area contributed by atoms with Gasteiger partial charge >= 0.3 is 0 Å². The molecule has 0 aliphatic carbocycles. The fraction of sp³-hybridized carbons (Fsp3) is 0.107. The number of rotatable bonds is 6. The molecular weight excluding hydrogens is 554 g/mol. The molecule has 0 radical (unpaired) electrons. The predicted octanol–water partition coefficient (Wildman–Crippen LogP) is 5.87. The van der Waals surface area contributed by atoms with E-state index in [0.717, 1.165) is 4.47 Å². The topological polar surface area (TPSA) is 118 Å². The van der Waals surface area contributed by atoms with Gasteiger partial charge in [0.15, 0.2) is 11.5 Å². The highest BCUT2D eigenvalue weighted by Crippen LogP contribution is 2.42.